The second kappa shape index (κ2) is 6.21. The van der Waals surface area contributed by atoms with Gasteiger partial charge >= 0.3 is 0 Å². The molecule has 1 aliphatic carbocycles. The molecule has 1 aromatic heterocycles. The molecule has 1 aliphatic heterocycles. The largest absolute Gasteiger partial charge is 0.378 e. The molecule has 0 spiro atoms. The molecule has 1 saturated heterocycles. The fraction of sp³-hybridized carbons (Fsp3) is 0.600. The second-order valence-corrected chi connectivity index (χ2v) is 5.41. The van der Waals surface area contributed by atoms with Crippen molar-refractivity contribution >= 4 is 5.82 Å². The van der Waals surface area contributed by atoms with Gasteiger partial charge in [0.25, 0.3) is 0 Å². The number of nitriles is 1. The number of pyridine rings is 1. The number of morpholine rings is 1. The van der Waals surface area contributed by atoms with Crippen molar-refractivity contribution in [1.82, 2.24) is 4.98 Å². The Morgan fingerprint density at radius 3 is 3.10 bits per heavy atom. The Bertz CT molecular complexity index is 496. The highest BCUT2D eigenvalue weighted by Crippen LogP contribution is 2.28. The summed E-state index contributed by atoms with van der Waals surface area (Å²) in [7, 11) is 0. The molecular weight excluding hydrogens is 254 g/mol. The van der Waals surface area contributed by atoms with E-state index in [1.807, 2.05) is 12.1 Å². The maximum Gasteiger partial charge on any atom is 0.142 e. The molecule has 0 N–H and O–H groups in total. The third kappa shape index (κ3) is 3.47. The van der Waals surface area contributed by atoms with E-state index in [2.05, 4.69) is 16.0 Å². The molecule has 20 heavy (non-hydrogen) atoms. The highest BCUT2D eigenvalue weighted by Gasteiger charge is 2.24. The minimum atomic E-state index is 0.0926. The van der Waals surface area contributed by atoms with Gasteiger partial charge in [-0.3, -0.25) is 0 Å². The molecular formula is C15H19N3O2. The summed E-state index contributed by atoms with van der Waals surface area (Å²) < 4.78 is 11.4. The molecule has 2 heterocycles. The smallest absolute Gasteiger partial charge is 0.142 e. The predicted octanol–water partition coefficient (Wildman–Crippen LogP) is 1.59. The van der Waals surface area contributed by atoms with Gasteiger partial charge in [0.1, 0.15) is 17.6 Å². The van der Waals surface area contributed by atoms with E-state index >= 15 is 0 Å². The average Bonchev–Trinajstić information content (AvgIpc) is 3.32. The lowest BCUT2D eigenvalue weighted by atomic mass is 10.2. The van der Waals surface area contributed by atoms with Crippen LogP contribution in [0.15, 0.2) is 18.2 Å². The highest BCUT2D eigenvalue weighted by molar-refractivity contribution is 5.42. The van der Waals surface area contributed by atoms with E-state index in [1.165, 1.54) is 12.8 Å². The normalized spacial score (nSPS) is 22.6. The minimum Gasteiger partial charge on any atom is -0.378 e. The van der Waals surface area contributed by atoms with Crippen LogP contribution in [0.5, 0.6) is 0 Å². The third-order valence-electron chi connectivity index (χ3n) is 3.67. The zero-order valence-electron chi connectivity index (χ0n) is 11.5. The van der Waals surface area contributed by atoms with Crippen LogP contribution in [0, 0.1) is 17.2 Å². The molecule has 5 heteroatoms. The van der Waals surface area contributed by atoms with Gasteiger partial charge in [0.05, 0.1) is 19.3 Å². The Morgan fingerprint density at radius 1 is 1.40 bits per heavy atom. The lowest BCUT2D eigenvalue weighted by Gasteiger charge is -2.33. The van der Waals surface area contributed by atoms with Crippen LogP contribution in [0.2, 0.25) is 0 Å². The average molecular weight is 273 g/mol. The molecule has 2 fully saturated rings. The standard InChI is InChI=1S/C15H19N3O2/c16-8-13-2-1-3-15(17-13)18-6-7-20-14(9-18)11-19-10-12-4-5-12/h1-3,12,14H,4-7,9-11H2/t14-/m0/s1. The first-order valence-electron chi connectivity index (χ1n) is 7.16. The van der Waals surface area contributed by atoms with Crippen molar-refractivity contribution in [2.45, 2.75) is 18.9 Å². The fourth-order valence-electron chi connectivity index (χ4n) is 2.34. The third-order valence-corrected chi connectivity index (χ3v) is 3.67. The number of aromatic nitrogens is 1. The molecule has 2 aliphatic rings. The van der Waals surface area contributed by atoms with Crippen LogP contribution in [0.1, 0.15) is 18.5 Å². The molecule has 5 nitrogen and oxygen atoms in total. The summed E-state index contributed by atoms with van der Waals surface area (Å²) in [5, 5.41) is 8.91. The number of anilines is 1. The SMILES string of the molecule is N#Cc1cccc(N2CCO[C@H](COCC3CC3)C2)n1. The molecule has 0 amide bonds. The molecule has 0 radical (unpaired) electrons. The first kappa shape index (κ1) is 13.3. The Hall–Kier alpha value is -1.64. The topological polar surface area (TPSA) is 58.4 Å². The van der Waals surface area contributed by atoms with Crippen molar-refractivity contribution in [3.05, 3.63) is 23.9 Å². The van der Waals surface area contributed by atoms with E-state index in [0.29, 0.717) is 18.9 Å². The molecule has 1 saturated carbocycles. The van der Waals surface area contributed by atoms with Gasteiger partial charge in [0.15, 0.2) is 0 Å². The summed E-state index contributed by atoms with van der Waals surface area (Å²) in [6.45, 7) is 3.76. The lowest BCUT2D eigenvalue weighted by molar-refractivity contribution is -0.0259. The Balaban J connectivity index is 1.54. The van der Waals surface area contributed by atoms with Crippen LogP contribution in [-0.4, -0.2) is 44.0 Å². The van der Waals surface area contributed by atoms with Gasteiger partial charge in [-0.2, -0.15) is 5.26 Å². The van der Waals surface area contributed by atoms with Crippen LogP contribution < -0.4 is 4.90 Å². The fourth-order valence-corrected chi connectivity index (χ4v) is 2.34. The minimum absolute atomic E-state index is 0.0926. The van der Waals surface area contributed by atoms with Crippen molar-refractivity contribution in [3.8, 4) is 6.07 Å². The van der Waals surface area contributed by atoms with E-state index in [1.54, 1.807) is 6.07 Å². The van der Waals surface area contributed by atoms with Crippen LogP contribution in [-0.2, 0) is 9.47 Å². The summed E-state index contributed by atoms with van der Waals surface area (Å²) in [6, 6.07) is 7.61. The van der Waals surface area contributed by atoms with E-state index < -0.39 is 0 Å². The van der Waals surface area contributed by atoms with Gasteiger partial charge in [-0.05, 0) is 30.9 Å². The maximum atomic E-state index is 8.91. The lowest BCUT2D eigenvalue weighted by Crippen LogP contribution is -2.45. The van der Waals surface area contributed by atoms with Gasteiger partial charge in [-0.1, -0.05) is 6.07 Å². The molecule has 3 rings (SSSR count). The van der Waals surface area contributed by atoms with E-state index in [0.717, 1.165) is 31.4 Å². The number of rotatable bonds is 5. The van der Waals surface area contributed by atoms with Crippen molar-refractivity contribution < 1.29 is 9.47 Å². The number of hydrogen-bond acceptors (Lipinski definition) is 5. The van der Waals surface area contributed by atoms with E-state index in [-0.39, 0.29) is 6.10 Å². The molecule has 0 aromatic carbocycles. The van der Waals surface area contributed by atoms with Crippen LogP contribution >= 0.6 is 0 Å². The zero-order chi connectivity index (χ0) is 13.8. The van der Waals surface area contributed by atoms with E-state index in [9.17, 15) is 0 Å². The Morgan fingerprint density at radius 2 is 2.30 bits per heavy atom. The van der Waals surface area contributed by atoms with Gasteiger partial charge in [0, 0.05) is 19.7 Å². The van der Waals surface area contributed by atoms with Crippen molar-refractivity contribution in [1.29, 1.82) is 5.26 Å². The molecule has 0 bridgehead atoms. The summed E-state index contributed by atoms with van der Waals surface area (Å²) in [5.74, 6) is 1.63. The first-order chi connectivity index (χ1) is 9.85. The molecule has 1 atom stereocenters. The zero-order valence-corrected chi connectivity index (χ0v) is 11.5. The number of nitrogens with zero attached hydrogens (tertiary/aromatic N) is 3. The van der Waals surface area contributed by atoms with Crippen LogP contribution in [0.4, 0.5) is 5.82 Å². The summed E-state index contributed by atoms with van der Waals surface area (Å²) in [5.41, 5.74) is 0.454. The number of ether oxygens (including phenoxy) is 2. The quantitative estimate of drug-likeness (QED) is 0.815. The van der Waals surface area contributed by atoms with E-state index in [4.69, 9.17) is 14.7 Å². The molecule has 1 aromatic rings. The number of hydrogen-bond donors (Lipinski definition) is 0. The van der Waals surface area contributed by atoms with Crippen molar-refractivity contribution in [2.24, 2.45) is 5.92 Å². The molecule has 106 valence electrons. The second-order valence-electron chi connectivity index (χ2n) is 5.41. The van der Waals surface area contributed by atoms with Crippen LogP contribution in [0.25, 0.3) is 0 Å². The Labute approximate surface area is 119 Å². The van der Waals surface area contributed by atoms with Gasteiger partial charge in [-0.25, -0.2) is 4.98 Å². The van der Waals surface area contributed by atoms with Gasteiger partial charge < -0.3 is 14.4 Å². The Kier molecular flexibility index (Phi) is 4.14. The highest BCUT2D eigenvalue weighted by atomic mass is 16.5. The van der Waals surface area contributed by atoms with Gasteiger partial charge in [0.2, 0.25) is 0 Å². The first-order valence-corrected chi connectivity index (χ1v) is 7.16. The summed E-state index contributed by atoms with van der Waals surface area (Å²) in [4.78, 5) is 6.50. The predicted molar refractivity (Wildman–Crippen MR) is 74.4 cm³/mol. The summed E-state index contributed by atoms with van der Waals surface area (Å²) >= 11 is 0. The monoisotopic (exact) mass is 273 g/mol. The summed E-state index contributed by atoms with van der Waals surface area (Å²) in [6.07, 6.45) is 2.71. The van der Waals surface area contributed by atoms with Crippen molar-refractivity contribution in [3.63, 3.8) is 0 Å². The maximum absolute atomic E-state index is 8.91. The van der Waals surface area contributed by atoms with Gasteiger partial charge in [-0.15, -0.1) is 0 Å². The van der Waals surface area contributed by atoms with Crippen molar-refractivity contribution in [2.75, 3.05) is 37.8 Å². The molecule has 0 unspecified atom stereocenters. The van der Waals surface area contributed by atoms with Crippen LogP contribution in [0.3, 0.4) is 0 Å².